The maximum atomic E-state index is 11.9. The van der Waals surface area contributed by atoms with Crippen molar-refractivity contribution < 1.29 is 4.79 Å². The molecule has 0 spiro atoms. The summed E-state index contributed by atoms with van der Waals surface area (Å²) < 4.78 is 1.44. The van der Waals surface area contributed by atoms with Gasteiger partial charge in [-0.3, -0.25) is 4.79 Å². The van der Waals surface area contributed by atoms with Crippen molar-refractivity contribution in [2.75, 3.05) is 11.9 Å². The number of nitrogens with one attached hydrogen (secondary N) is 2. The number of nitriles is 1. The van der Waals surface area contributed by atoms with Crippen LogP contribution < -0.4 is 10.6 Å². The second-order valence-corrected chi connectivity index (χ2v) is 5.49. The number of carbonyl (C=O) groups is 1. The van der Waals surface area contributed by atoms with Crippen molar-refractivity contribution in [1.82, 2.24) is 20.1 Å². The number of rotatable bonds is 3. The van der Waals surface area contributed by atoms with E-state index in [1.807, 2.05) is 0 Å². The molecule has 1 aliphatic rings. The normalized spacial score (nSPS) is 13.6. The van der Waals surface area contributed by atoms with Gasteiger partial charge in [-0.2, -0.15) is 10.4 Å². The highest BCUT2D eigenvalue weighted by molar-refractivity contribution is 7.16. The van der Waals surface area contributed by atoms with E-state index < -0.39 is 0 Å². The van der Waals surface area contributed by atoms with Gasteiger partial charge in [-0.25, -0.2) is 9.67 Å². The molecule has 0 atom stereocenters. The molecule has 102 valence electrons. The van der Waals surface area contributed by atoms with E-state index in [1.54, 1.807) is 0 Å². The number of carbonyl (C=O) groups excluding carboxylic acids is 1. The maximum Gasteiger partial charge on any atom is 0.246 e. The number of hydrogen-bond acceptors (Lipinski definition) is 6. The third kappa shape index (κ3) is 2.41. The predicted octanol–water partition coefficient (Wildman–Crippen LogP) is 0.496. The lowest BCUT2D eigenvalue weighted by Gasteiger charge is -2.11. The highest BCUT2D eigenvalue weighted by atomic mass is 32.1. The number of aromatic nitrogens is 3. The average molecular weight is 288 g/mol. The summed E-state index contributed by atoms with van der Waals surface area (Å²) in [6, 6.07) is 2.20. The number of hydrogen-bond donors (Lipinski definition) is 2. The van der Waals surface area contributed by atoms with Gasteiger partial charge >= 0.3 is 0 Å². The number of fused-ring (bicyclic) bond motifs is 1. The van der Waals surface area contributed by atoms with Gasteiger partial charge < -0.3 is 10.6 Å². The molecule has 0 saturated carbocycles. The molecule has 0 saturated heterocycles. The Hall–Kier alpha value is -2.24. The Labute approximate surface area is 119 Å². The standard InChI is InChI=1S/C12H12N6OS/c13-3-9-8-1-2-14-4-10(8)20-12(9)17-11(19)5-18-7-15-6-16-18/h6-7,14H,1-2,4-5H2,(H,17,19). The monoisotopic (exact) mass is 288 g/mol. The van der Waals surface area contributed by atoms with Crippen LogP contribution in [0.5, 0.6) is 0 Å². The van der Waals surface area contributed by atoms with Gasteiger partial charge in [0.2, 0.25) is 5.91 Å². The molecule has 0 bridgehead atoms. The summed E-state index contributed by atoms with van der Waals surface area (Å²) in [5, 5.41) is 19.9. The van der Waals surface area contributed by atoms with Crippen LogP contribution in [-0.4, -0.2) is 27.2 Å². The fraction of sp³-hybridized carbons (Fsp3) is 0.333. The molecule has 0 aromatic carbocycles. The first kappa shape index (κ1) is 12.8. The van der Waals surface area contributed by atoms with Gasteiger partial charge in [0, 0.05) is 11.4 Å². The van der Waals surface area contributed by atoms with Crippen molar-refractivity contribution in [2.24, 2.45) is 0 Å². The molecule has 0 aliphatic carbocycles. The highest BCUT2D eigenvalue weighted by Gasteiger charge is 2.21. The summed E-state index contributed by atoms with van der Waals surface area (Å²) in [7, 11) is 0. The molecule has 7 nitrogen and oxygen atoms in total. The lowest BCUT2D eigenvalue weighted by molar-refractivity contribution is -0.116. The van der Waals surface area contributed by atoms with Crippen LogP contribution in [-0.2, 0) is 24.3 Å². The zero-order valence-corrected chi connectivity index (χ0v) is 11.4. The first-order valence-electron chi connectivity index (χ1n) is 6.15. The molecule has 1 amide bonds. The van der Waals surface area contributed by atoms with E-state index in [0.29, 0.717) is 10.6 Å². The first-order valence-corrected chi connectivity index (χ1v) is 6.97. The fourth-order valence-corrected chi connectivity index (χ4v) is 3.35. The van der Waals surface area contributed by atoms with E-state index >= 15 is 0 Å². The van der Waals surface area contributed by atoms with Crippen LogP contribution in [0.3, 0.4) is 0 Å². The summed E-state index contributed by atoms with van der Waals surface area (Å²) >= 11 is 1.47. The van der Waals surface area contributed by atoms with E-state index in [9.17, 15) is 10.1 Å². The Bertz CT molecular complexity index is 669. The zero-order valence-electron chi connectivity index (χ0n) is 10.6. The lowest BCUT2D eigenvalue weighted by Crippen LogP contribution is -2.22. The topological polar surface area (TPSA) is 95.6 Å². The maximum absolute atomic E-state index is 11.9. The third-order valence-electron chi connectivity index (χ3n) is 3.06. The summed E-state index contributed by atoms with van der Waals surface area (Å²) in [6.45, 7) is 1.71. The van der Waals surface area contributed by atoms with Gasteiger partial charge in [-0.05, 0) is 18.5 Å². The van der Waals surface area contributed by atoms with E-state index in [0.717, 1.165) is 30.0 Å². The Balaban J connectivity index is 1.79. The summed E-state index contributed by atoms with van der Waals surface area (Å²) in [5.74, 6) is -0.210. The van der Waals surface area contributed by atoms with Crippen molar-refractivity contribution in [1.29, 1.82) is 5.26 Å². The van der Waals surface area contributed by atoms with Gasteiger partial charge in [-0.1, -0.05) is 0 Å². The largest absolute Gasteiger partial charge is 0.315 e. The van der Waals surface area contributed by atoms with Crippen molar-refractivity contribution in [3.63, 3.8) is 0 Å². The van der Waals surface area contributed by atoms with Crippen LogP contribution in [0.1, 0.15) is 16.0 Å². The molecule has 0 unspecified atom stereocenters. The molecule has 3 heterocycles. The van der Waals surface area contributed by atoms with Crippen molar-refractivity contribution in [3.05, 3.63) is 28.7 Å². The molecule has 0 fully saturated rings. The molecule has 1 aliphatic heterocycles. The van der Waals surface area contributed by atoms with E-state index in [2.05, 4.69) is 26.8 Å². The Morgan fingerprint density at radius 3 is 3.30 bits per heavy atom. The fourth-order valence-electron chi connectivity index (χ4n) is 2.17. The minimum Gasteiger partial charge on any atom is -0.315 e. The van der Waals surface area contributed by atoms with Crippen LogP contribution in [0.2, 0.25) is 0 Å². The lowest BCUT2D eigenvalue weighted by atomic mass is 10.1. The molecule has 2 aromatic rings. The van der Waals surface area contributed by atoms with E-state index in [4.69, 9.17) is 0 Å². The summed E-state index contributed by atoms with van der Waals surface area (Å²) in [5.41, 5.74) is 1.66. The molecule has 0 radical (unpaired) electrons. The van der Waals surface area contributed by atoms with Gasteiger partial charge in [0.1, 0.15) is 30.3 Å². The van der Waals surface area contributed by atoms with Crippen LogP contribution in [0.15, 0.2) is 12.7 Å². The predicted molar refractivity (Wildman–Crippen MR) is 73.1 cm³/mol. The molecule has 8 heteroatoms. The zero-order chi connectivity index (χ0) is 13.9. The van der Waals surface area contributed by atoms with Gasteiger partial charge in [0.05, 0.1) is 5.56 Å². The van der Waals surface area contributed by atoms with Crippen LogP contribution in [0.25, 0.3) is 0 Å². The van der Waals surface area contributed by atoms with Gasteiger partial charge in [-0.15, -0.1) is 11.3 Å². The molecule has 2 aromatic heterocycles. The summed E-state index contributed by atoms with van der Waals surface area (Å²) in [6.07, 6.45) is 3.69. The number of thiophene rings is 1. The SMILES string of the molecule is N#Cc1c(NC(=O)Cn2cncn2)sc2c1CCNC2. The van der Waals surface area contributed by atoms with Crippen molar-refractivity contribution in [3.8, 4) is 6.07 Å². The minimum atomic E-state index is -0.210. The van der Waals surface area contributed by atoms with Gasteiger partial charge in [0.25, 0.3) is 0 Å². The third-order valence-corrected chi connectivity index (χ3v) is 4.21. The van der Waals surface area contributed by atoms with Crippen LogP contribution in [0, 0.1) is 11.3 Å². The number of anilines is 1. The van der Waals surface area contributed by atoms with Crippen molar-refractivity contribution >= 4 is 22.2 Å². The number of amides is 1. The minimum absolute atomic E-state index is 0.0890. The van der Waals surface area contributed by atoms with Gasteiger partial charge in [0.15, 0.2) is 0 Å². The molecule has 20 heavy (non-hydrogen) atoms. The Kier molecular flexibility index (Phi) is 3.45. The second kappa shape index (κ2) is 5.40. The van der Waals surface area contributed by atoms with Crippen molar-refractivity contribution in [2.45, 2.75) is 19.5 Å². The Morgan fingerprint density at radius 2 is 2.55 bits per heavy atom. The molecular formula is C12H12N6OS. The Morgan fingerprint density at radius 1 is 1.65 bits per heavy atom. The second-order valence-electron chi connectivity index (χ2n) is 4.39. The number of nitrogens with zero attached hydrogens (tertiary/aromatic N) is 4. The highest BCUT2D eigenvalue weighted by Crippen LogP contribution is 2.34. The van der Waals surface area contributed by atoms with Crippen LogP contribution >= 0.6 is 11.3 Å². The van der Waals surface area contributed by atoms with E-state index in [1.165, 1.54) is 28.7 Å². The van der Waals surface area contributed by atoms with Crippen LogP contribution in [0.4, 0.5) is 5.00 Å². The molecule has 3 rings (SSSR count). The quantitative estimate of drug-likeness (QED) is 0.857. The van der Waals surface area contributed by atoms with E-state index in [-0.39, 0.29) is 12.5 Å². The smallest absolute Gasteiger partial charge is 0.246 e. The average Bonchev–Trinajstić information content (AvgIpc) is 3.05. The molecule has 2 N–H and O–H groups in total. The first-order chi connectivity index (χ1) is 9.78. The summed E-state index contributed by atoms with van der Waals surface area (Å²) in [4.78, 5) is 16.9. The molecular weight excluding hydrogens is 276 g/mol.